The van der Waals surface area contributed by atoms with Crippen LogP contribution in [0.3, 0.4) is 0 Å². The van der Waals surface area contributed by atoms with E-state index in [1.807, 2.05) is 0 Å². The Kier molecular flexibility index (Phi) is 3.75. The third-order valence-electron chi connectivity index (χ3n) is 1.94. The lowest BCUT2D eigenvalue weighted by molar-refractivity contribution is -0.115. The molecular weight excluding hydrogens is 254 g/mol. The van der Waals surface area contributed by atoms with E-state index < -0.39 is 11.7 Å². The maximum absolute atomic E-state index is 13.1. The van der Waals surface area contributed by atoms with Crippen molar-refractivity contribution in [2.24, 2.45) is 0 Å². The Morgan fingerprint density at radius 3 is 2.64 bits per heavy atom. The largest absolute Gasteiger partial charge is 0.294 e. The van der Waals surface area contributed by atoms with Gasteiger partial charge in [0.25, 0.3) is 0 Å². The fourth-order valence-corrected chi connectivity index (χ4v) is 1.48. The van der Waals surface area contributed by atoms with Crippen LogP contribution < -0.4 is 0 Å². The summed E-state index contributed by atoms with van der Waals surface area (Å²) in [6.45, 7) is 3.28. The van der Waals surface area contributed by atoms with Crippen LogP contribution in [0.5, 0.6) is 0 Å². The van der Waals surface area contributed by atoms with Crippen LogP contribution in [0.1, 0.15) is 19.3 Å². The normalized spacial score (nSPS) is 28.9. The Morgan fingerprint density at radius 1 is 1.36 bits per heavy atom. The average Bonchev–Trinajstić information content (AvgIpc) is 2.17. The summed E-state index contributed by atoms with van der Waals surface area (Å²) in [5.74, 6) is -1.95. The van der Waals surface area contributed by atoms with Gasteiger partial charge in [0, 0.05) is 22.6 Å². The summed E-state index contributed by atoms with van der Waals surface area (Å²) < 4.78 is 26.5. The van der Waals surface area contributed by atoms with Crippen LogP contribution in [0.15, 0.2) is 34.4 Å². The van der Waals surface area contributed by atoms with Gasteiger partial charge >= 0.3 is 0 Å². The molecule has 1 aliphatic carbocycles. The van der Waals surface area contributed by atoms with Crippen molar-refractivity contribution in [1.82, 2.24) is 0 Å². The molecule has 0 atom stereocenters. The summed E-state index contributed by atoms with van der Waals surface area (Å²) in [6.07, 6.45) is 1.78. The lowest BCUT2D eigenvalue weighted by atomic mass is 10.1. The van der Waals surface area contributed by atoms with E-state index in [-0.39, 0.29) is 22.3 Å². The minimum atomic E-state index is -0.897. The molecule has 76 valence electrons. The van der Waals surface area contributed by atoms with E-state index in [4.69, 9.17) is 0 Å². The smallest absolute Gasteiger partial charge is 0.165 e. The highest BCUT2D eigenvalue weighted by Crippen LogP contribution is 2.27. The minimum absolute atomic E-state index is 0.197. The molecule has 0 amide bonds. The van der Waals surface area contributed by atoms with Gasteiger partial charge in [-0.15, -0.1) is 0 Å². The number of hydrogen-bond acceptors (Lipinski definition) is 1. The molecule has 0 saturated heterocycles. The van der Waals surface area contributed by atoms with Gasteiger partial charge in [0.1, 0.15) is 11.7 Å². The topological polar surface area (TPSA) is 17.1 Å². The van der Waals surface area contributed by atoms with Crippen molar-refractivity contribution in [3.63, 3.8) is 0 Å². The Morgan fingerprint density at radius 2 is 2.00 bits per heavy atom. The molecule has 0 radical (unpaired) electrons. The molecule has 0 saturated carbocycles. The number of ketones is 1. The maximum Gasteiger partial charge on any atom is 0.165 e. The zero-order valence-electron chi connectivity index (χ0n) is 7.45. The van der Waals surface area contributed by atoms with Crippen LogP contribution in [0.2, 0.25) is 0 Å². The first-order chi connectivity index (χ1) is 6.52. The van der Waals surface area contributed by atoms with E-state index >= 15 is 0 Å². The highest BCUT2D eigenvalue weighted by Gasteiger charge is 2.15. The zero-order valence-corrected chi connectivity index (χ0v) is 9.03. The molecule has 0 aromatic carbocycles. The molecule has 1 rings (SSSR count). The van der Waals surface area contributed by atoms with Gasteiger partial charge < -0.3 is 0 Å². The second-order valence-corrected chi connectivity index (χ2v) is 3.96. The van der Waals surface area contributed by atoms with E-state index in [0.29, 0.717) is 18.9 Å². The third kappa shape index (κ3) is 2.61. The number of allylic oxidation sites excluding steroid dienone is 5. The summed E-state index contributed by atoms with van der Waals surface area (Å²) in [6, 6.07) is 0. The number of halogens is 3. The van der Waals surface area contributed by atoms with Crippen molar-refractivity contribution in [2.45, 2.75) is 19.3 Å². The zero-order chi connectivity index (χ0) is 10.7. The molecule has 0 aliphatic heterocycles. The van der Waals surface area contributed by atoms with Crippen molar-refractivity contribution >= 4 is 21.7 Å². The van der Waals surface area contributed by atoms with Crippen LogP contribution in [0.25, 0.3) is 0 Å². The van der Waals surface area contributed by atoms with Crippen LogP contribution in [-0.2, 0) is 4.79 Å². The van der Waals surface area contributed by atoms with E-state index in [1.54, 1.807) is 0 Å². The van der Waals surface area contributed by atoms with Crippen molar-refractivity contribution in [2.75, 3.05) is 0 Å². The molecule has 0 aromatic heterocycles. The highest BCUT2D eigenvalue weighted by molar-refractivity contribution is 9.11. The molecule has 14 heavy (non-hydrogen) atoms. The van der Waals surface area contributed by atoms with Gasteiger partial charge in [0.2, 0.25) is 0 Å². The summed E-state index contributed by atoms with van der Waals surface area (Å²) in [5.41, 5.74) is -0.248. The molecule has 0 heterocycles. The SMILES string of the molecule is C=C1C(=O)CCC/C(Br)=C(F)\C=C/1F. The highest BCUT2D eigenvalue weighted by atomic mass is 79.9. The number of carbonyl (C=O) groups excluding carboxylic acids is 1. The Balaban J connectivity index is 3.04. The summed E-state index contributed by atoms with van der Waals surface area (Å²) in [7, 11) is 0. The van der Waals surface area contributed by atoms with Gasteiger partial charge in [0.05, 0.1) is 0 Å². The van der Waals surface area contributed by atoms with Gasteiger partial charge in [-0.25, -0.2) is 8.78 Å². The molecule has 0 fully saturated rings. The first-order valence-electron chi connectivity index (χ1n) is 4.16. The minimum Gasteiger partial charge on any atom is -0.294 e. The molecule has 0 aromatic rings. The van der Waals surface area contributed by atoms with Crippen LogP contribution in [0, 0.1) is 0 Å². The van der Waals surface area contributed by atoms with E-state index in [2.05, 4.69) is 22.5 Å². The molecular formula is C10H9BrF2O. The van der Waals surface area contributed by atoms with Crippen LogP contribution in [0.4, 0.5) is 8.78 Å². The van der Waals surface area contributed by atoms with Gasteiger partial charge in [-0.3, -0.25) is 4.79 Å². The van der Waals surface area contributed by atoms with Gasteiger partial charge in [0.15, 0.2) is 5.78 Å². The second-order valence-electron chi connectivity index (χ2n) is 3.00. The van der Waals surface area contributed by atoms with Gasteiger partial charge in [-0.05, 0) is 12.8 Å². The number of hydrogen-bond donors (Lipinski definition) is 0. The van der Waals surface area contributed by atoms with Crippen LogP contribution in [-0.4, -0.2) is 5.78 Å². The maximum atomic E-state index is 13.1. The Hall–Kier alpha value is -0.770. The molecule has 4 heteroatoms. The van der Waals surface area contributed by atoms with Crippen molar-refractivity contribution in [1.29, 1.82) is 0 Å². The molecule has 1 nitrogen and oxygen atoms in total. The molecule has 0 spiro atoms. The lowest BCUT2D eigenvalue weighted by Crippen LogP contribution is -2.01. The van der Waals surface area contributed by atoms with Gasteiger partial charge in [-0.2, -0.15) is 0 Å². The van der Waals surface area contributed by atoms with Crippen molar-refractivity contribution < 1.29 is 13.6 Å². The van der Waals surface area contributed by atoms with Crippen LogP contribution >= 0.6 is 15.9 Å². The molecule has 1 aliphatic rings. The van der Waals surface area contributed by atoms with Gasteiger partial charge in [-0.1, -0.05) is 22.5 Å². The summed E-state index contributed by atoms with van der Waals surface area (Å²) in [4.78, 5) is 11.2. The first kappa shape index (κ1) is 11.3. The van der Waals surface area contributed by atoms with E-state index in [9.17, 15) is 13.6 Å². The second kappa shape index (κ2) is 4.64. The molecule has 0 N–H and O–H groups in total. The number of carbonyl (C=O) groups is 1. The fourth-order valence-electron chi connectivity index (χ4n) is 1.08. The fraction of sp³-hybridized carbons (Fsp3) is 0.300. The van der Waals surface area contributed by atoms with E-state index in [0.717, 1.165) is 0 Å². The monoisotopic (exact) mass is 262 g/mol. The molecule has 0 unspecified atom stereocenters. The predicted octanol–water partition coefficient (Wildman–Crippen LogP) is 3.73. The quantitative estimate of drug-likeness (QED) is 0.608. The van der Waals surface area contributed by atoms with E-state index in [1.165, 1.54) is 0 Å². The number of rotatable bonds is 0. The number of Topliss-reactive ketones (excluding diaryl/α,β-unsaturated/α-hetero) is 1. The Labute approximate surface area is 89.3 Å². The summed E-state index contributed by atoms with van der Waals surface area (Å²) >= 11 is 2.99. The molecule has 0 bridgehead atoms. The first-order valence-corrected chi connectivity index (χ1v) is 4.95. The average molecular weight is 263 g/mol. The lowest BCUT2D eigenvalue weighted by Gasteiger charge is -1.99. The Bertz CT molecular complexity index is 342. The summed E-state index contributed by atoms with van der Waals surface area (Å²) in [5, 5.41) is 0. The standard InChI is InChI=1S/C10H9BrF2O/c1-6-8(12)5-9(13)7(11)3-2-4-10(6)14/h5H,1-4H2/b8-5+,9-7-. The predicted molar refractivity (Wildman–Crippen MR) is 54.3 cm³/mol. The third-order valence-corrected chi connectivity index (χ3v) is 2.71. The van der Waals surface area contributed by atoms with Crippen molar-refractivity contribution in [3.8, 4) is 0 Å². The van der Waals surface area contributed by atoms with Crippen molar-refractivity contribution in [3.05, 3.63) is 34.4 Å².